The highest BCUT2D eigenvalue weighted by Gasteiger charge is 2.29. The quantitative estimate of drug-likeness (QED) is 0.697. The molecule has 1 fully saturated rings. The summed E-state index contributed by atoms with van der Waals surface area (Å²) in [6.45, 7) is 8.86. The van der Waals surface area contributed by atoms with Gasteiger partial charge in [-0.25, -0.2) is 0 Å². The van der Waals surface area contributed by atoms with E-state index >= 15 is 0 Å². The molecular formula is C16H34N2O. The summed E-state index contributed by atoms with van der Waals surface area (Å²) in [5, 5.41) is 3.77. The maximum atomic E-state index is 5.18. The highest BCUT2D eigenvalue weighted by Crippen LogP contribution is 2.31. The Morgan fingerprint density at radius 2 is 2.05 bits per heavy atom. The van der Waals surface area contributed by atoms with Gasteiger partial charge in [0.25, 0.3) is 0 Å². The van der Waals surface area contributed by atoms with Crippen LogP contribution in [-0.4, -0.2) is 51.3 Å². The Labute approximate surface area is 120 Å². The van der Waals surface area contributed by atoms with Gasteiger partial charge in [-0.1, -0.05) is 20.3 Å². The maximum absolute atomic E-state index is 5.18. The van der Waals surface area contributed by atoms with Crippen LogP contribution in [-0.2, 0) is 4.74 Å². The average molecular weight is 270 g/mol. The molecule has 0 heterocycles. The van der Waals surface area contributed by atoms with Crippen LogP contribution >= 0.6 is 0 Å². The van der Waals surface area contributed by atoms with E-state index in [2.05, 4.69) is 31.1 Å². The number of hydrogen-bond acceptors (Lipinski definition) is 3. The van der Waals surface area contributed by atoms with Gasteiger partial charge in [0, 0.05) is 26.2 Å². The number of nitrogens with one attached hydrogen (secondary N) is 1. The molecule has 3 unspecified atom stereocenters. The molecule has 1 aliphatic rings. The Bertz CT molecular complexity index is 223. The lowest BCUT2D eigenvalue weighted by Gasteiger charge is -2.38. The van der Waals surface area contributed by atoms with Crippen molar-refractivity contribution in [2.24, 2.45) is 11.8 Å². The second kappa shape index (κ2) is 9.73. The lowest BCUT2D eigenvalue weighted by atomic mass is 9.76. The van der Waals surface area contributed by atoms with Crippen molar-refractivity contribution in [2.75, 3.05) is 40.4 Å². The van der Waals surface area contributed by atoms with Crippen LogP contribution in [0.2, 0.25) is 0 Å². The van der Waals surface area contributed by atoms with Gasteiger partial charge in [0.1, 0.15) is 0 Å². The van der Waals surface area contributed by atoms with Crippen molar-refractivity contribution >= 4 is 0 Å². The summed E-state index contributed by atoms with van der Waals surface area (Å²) in [5.74, 6) is 1.76. The molecule has 3 heteroatoms. The molecule has 0 radical (unpaired) electrons. The van der Waals surface area contributed by atoms with Crippen molar-refractivity contribution in [2.45, 2.75) is 52.0 Å². The third kappa shape index (κ3) is 6.24. The van der Waals surface area contributed by atoms with Crippen LogP contribution in [0.3, 0.4) is 0 Å². The predicted molar refractivity (Wildman–Crippen MR) is 82.6 cm³/mol. The zero-order chi connectivity index (χ0) is 14.1. The first kappa shape index (κ1) is 16.9. The number of methoxy groups -OCH3 is 1. The van der Waals surface area contributed by atoms with Gasteiger partial charge in [-0.2, -0.15) is 0 Å². The van der Waals surface area contributed by atoms with Gasteiger partial charge in [0.05, 0.1) is 6.61 Å². The van der Waals surface area contributed by atoms with E-state index in [9.17, 15) is 0 Å². The molecule has 19 heavy (non-hydrogen) atoms. The minimum atomic E-state index is 0.729. The summed E-state index contributed by atoms with van der Waals surface area (Å²) < 4.78 is 5.18. The van der Waals surface area contributed by atoms with Gasteiger partial charge in [0.2, 0.25) is 0 Å². The number of ether oxygens (including phenoxy) is 1. The highest BCUT2D eigenvalue weighted by atomic mass is 16.5. The van der Waals surface area contributed by atoms with Crippen molar-refractivity contribution in [3.8, 4) is 0 Å². The maximum Gasteiger partial charge on any atom is 0.0589 e. The van der Waals surface area contributed by atoms with Crippen LogP contribution in [0.4, 0.5) is 0 Å². The molecule has 0 saturated heterocycles. The van der Waals surface area contributed by atoms with Crippen molar-refractivity contribution < 1.29 is 4.74 Å². The lowest BCUT2D eigenvalue weighted by molar-refractivity contribution is 0.121. The molecule has 0 bridgehead atoms. The summed E-state index contributed by atoms with van der Waals surface area (Å²) in [5.41, 5.74) is 0. The third-order valence-electron chi connectivity index (χ3n) is 4.55. The second-order valence-electron chi connectivity index (χ2n) is 6.16. The fourth-order valence-corrected chi connectivity index (χ4v) is 3.27. The molecular weight excluding hydrogens is 236 g/mol. The van der Waals surface area contributed by atoms with Crippen molar-refractivity contribution in [1.29, 1.82) is 0 Å². The van der Waals surface area contributed by atoms with E-state index in [0.29, 0.717) is 0 Å². The van der Waals surface area contributed by atoms with Crippen molar-refractivity contribution in [3.05, 3.63) is 0 Å². The van der Waals surface area contributed by atoms with Crippen LogP contribution in [0.15, 0.2) is 0 Å². The van der Waals surface area contributed by atoms with Crippen LogP contribution < -0.4 is 5.32 Å². The molecule has 1 rings (SSSR count). The van der Waals surface area contributed by atoms with E-state index in [0.717, 1.165) is 31.0 Å². The minimum Gasteiger partial charge on any atom is -0.383 e. The molecule has 0 aromatic rings. The SMILES string of the molecule is CCCNC1CCC(CC)CC1CN(C)CCOC. The average Bonchev–Trinajstić information content (AvgIpc) is 2.43. The number of rotatable bonds is 9. The number of nitrogens with zero attached hydrogens (tertiary/aromatic N) is 1. The standard InChI is InChI=1S/C16H34N2O/c1-5-9-17-16-8-7-14(6-2)12-15(16)13-18(3)10-11-19-4/h14-17H,5-13H2,1-4H3. The van der Waals surface area contributed by atoms with E-state index in [1.807, 2.05) is 0 Å². The first-order valence-corrected chi connectivity index (χ1v) is 8.12. The van der Waals surface area contributed by atoms with Crippen LogP contribution in [0.1, 0.15) is 46.0 Å². The Balaban J connectivity index is 2.45. The normalized spacial score (nSPS) is 27.9. The van der Waals surface area contributed by atoms with E-state index in [4.69, 9.17) is 4.74 Å². The van der Waals surface area contributed by atoms with E-state index in [1.54, 1.807) is 7.11 Å². The summed E-state index contributed by atoms with van der Waals surface area (Å²) in [6, 6.07) is 0.729. The summed E-state index contributed by atoms with van der Waals surface area (Å²) >= 11 is 0. The predicted octanol–water partition coefficient (Wildman–Crippen LogP) is 2.76. The van der Waals surface area contributed by atoms with Crippen molar-refractivity contribution in [1.82, 2.24) is 10.2 Å². The number of likely N-dealkylation sites (N-methyl/N-ethyl adjacent to an activating group) is 1. The Kier molecular flexibility index (Phi) is 8.67. The minimum absolute atomic E-state index is 0.729. The summed E-state index contributed by atoms with van der Waals surface area (Å²) in [7, 11) is 4.01. The Morgan fingerprint density at radius 3 is 2.68 bits per heavy atom. The lowest BCUT2D eigenvalue weighted by Crippen LogP contribution is -2.45. The first-order chi connectivity index (χ1) is 9.21. The molecule has 0 aliphatic heterocycles. The molecule has 0 aromatic heterocycles. The summed E-state index contributed by atoms with van der Waals surface area (Å²) in [6.07, 6.45) is 6.76. The number of hydrogen-bond donors (Lipinski definition) is 1. The third-order valence-corrected chi connectivity index (χ3v) is 4.55. The van der Waals surface area contributed by atoms with Gasteiger partial charge >= 0.3 is 0 Å². The van der Waals surface area contributed by atoms with E-state index < -0.39 is 0 Å². The fourth-order valence-electron chi connectivity index (χ4n) is 3.27. The Morgan fingerprint density at radius 1 is 1.26 bits per heavy atom. The van der Waals surface area contributed by atoms with Gasteiger partial charge < -0.3 is 15.0 Å². The fraction of sp³-hybridized carbons (Fsp3) is 1.00. The molecule has 114 valence electrons. The van der Waals surface area contributed by atoms with E-state index in [-0.39, 0.29) is 0 Å². The van der Waals surface area contributed by atoms with Crippen LogP contribution in [0.5, 0.6) is 0 Å². The highest BCUT2D eigenvalue weighted by molar-refractivity contribution is 4.86. The molecule has 0 aromatic carbocycles. The molecule has 3 nitrogen and oxygen atoms in total. The topological polar surface area (TPSA) is 24.5 Å². The molecule has 3 atom stereocenters. The van der Waals surface area contributed by atoms with Gasteiger partial charge in [0.15, 0.2) is 0 Å². The smallest absolute Gasteiger partial charge is 0.0589 e. The monoisotopic (exact) mass is 270 g/mol. The Hall–Kier alpha value is -0.120. The largest absolute Gasteiger partial charge is 0.383 e. The van der Waals surface area contributed by atoms with Gasteiger partial charge in [-0.05, 0) is 51.1 Å². The molecule has 1 aliphatic carbocycles. The van der Waals surface area contributed by atoms with Gasteiger partial charge in [-0.15, -0.1) is 0 Å². The first-order valence-electron chi connectivity index (χ1n) is 8.12. The second-order valence-corrected chi connectivity index (χ2v) is 6.16. The zero-order valence-corrected chi connectivity index (χ0v) is 13.5. The van der Waals surface area contributed by atoms with E-state index in [1.165, 1.54) is 45.2 Å². The zero-order valence-electron chi connectivity index (χ0n) is 13.5. The van der Waals surface area contributed by atoms with Gasteiger partial charge in [-0.3, -0.25) is 0 Å². The molecule has 1 N–H and O–H groups in total. The summed E-state index contributed by atoms with van der Waals surface area (Å²) in [4.78, 5) is 2.44. The molecule has 1 saturated carbocycles. The molecule has 0 amide bonds. The van der Waals surface area contributed by atoms with Crippen molar-refractivity contribution in [3.63, 3.8) is 0 Å². The van der Waals surface area contributed by atoms with Crippen LogP contribution in [0, 0.1) is 11.8 Å². The molecule has 0 spiro atoms. The van der Waals surface area contributed by atoms with Crippen LogP contribution in [0.25, 0.3) is 0 Å².